The summed E-state index contributed by atoms with van der Waals surface area (Å²) in [4.78, 5) is 18.2. The average Bonchev–Trinajstić information content (AvgIpc) is 3.07. The highest BCUT2D eigenvalue weighted by Gasteiger charge is 2.22. The van der Waals surface area contributed by atoms with E-state index >= 15 is 0 Å². The summed E-state index contributed by atoms with van der Waals surface area (Å²) >= 11 is 0. The highest BCUT2D eigenvalue weighted by Crippen LogP contribution is 2.24. The maximum absolute atomic E-state index is 12.8. The Hall–Kier alpha value is -2.59. The standard InChI is InChI=1S/C22H25N3O/c23-18-6-7-21-19(13-18)20(14-24-21)22(26)15-25-10-8-17(9-11-25)12-16-4-2-1-3-5-16/h1-7,13-14,17,24H,8-12,15,23H2. The number of ketones is 1. The number of fused-ring (bicyclic) bond motifs is 1. The third kappa shape index (κ3) is 3.65. The number of nitrogens with zero attached hydrogens (tertiary/aromatic N) is 1. The molecular formula is C22H25N3O. The normalized spacial score (nSPS) is 16.2. The molecule has 1 aliphatic rings. The molecule has 1 fully saturated rings. The molecule has 26 heavy (non-hydrogen) atoms. The van der Waals surface area contributed by atoms with E-state index in [1.165, 1.54) is 5.56 Å². The highest BCUT2D eigenvalue weighted by atomic mass is 16.1. The number of aromatic nitrogens is 1. The van der Waals surface area contributed by atoms with E-state index in [9.17, 15) is 4.79 Å². The second-order valence-electron chi connectivity index (χ2n) is 7.34. The molecule has 0 saturated carbocycles. The van der Waals surface area contributed by atoms with Crippen LogP contribution in [0.1, 0.15) is 28.8 Å². The predicted octanol–water partition coefficient (Wildman–Crippen LogP) is 3.89. The van der Waals surface area contributed by atoms with E-state index in [0.717, 1.165) is 54.7 Å². The lowest BCUT2D eigenvalue weighted by molar-refractivity contribution is 0.0897. The first-order chi connectivity index (χ1) is 12.7. The van der Waals surface area contributed by atoms with E-state index in [0.29, 0.717) is 12.2 Å². The summed E-state index contributed by atoms with van der Waals surface area (Å²) in [6.07, 6.45) is 5.27. The molecule has 1 aliphatic heterocycles. The lowest BCUT2D eigenvalue weighted by Crippen LogP contribution is -2.37. The number of anilines is 1. The van der Waals surface area contributed by atoms with Crippen molar-refractivity contribution in [1.82, 2.24) is 9.88 Å². The molecule has 0 amide bonds. The molecule has 1 aromatic heterocycles. The molecule has 3 aromatic rings. The van der Waals surface area contributed by atoms with Gasteiger partial charge in [-0.2, -0.15) is 0 Å². The van der Waals surface area contributed by atoms with Gasteiger partial charge in [0.15, 0.2) is 5.78 Å². The molecule has 4 heteroatoms. The van der Waals surface area contributed by atoms with E-state index in [2.05, 4.69) is 40.2 Å². The lowest BCUT2D eigenvalue weighted by Gasteiger charge is -2.31. The maximum atomic E-state index is 12.8. The summed E-state index contributed by atoms with van der Waals surface area (Å²) in [5.74, 6) is 0.889. The topological polar surface area (TPSA) is 62.1 Å². The number of rotatable bonds is 5. The Morgan fingerprint density at radius 2 is 1.88 bits per heavy atom. The Morgan fingerprint density at radius 1 is 1.12 bits per heavy atom. The van der Waals surface area contributed by atoms with E-state index in [4.69, 9.17) is 5.73 Å². The van der Waals surface area contributed by atoms with Crippen molar-refractivity contribution < 1.29 is 4.79 Å². The van der Waals surface area contributed by atoms with Crippen molar-refractivity contribution in [3.63, 3.8) is 0 Å². The second-order valence-corrected chi connectivity index (χ2v) is 7.34. The number of aromatic amines is 1. The average molecular weight is 347 g/mol. The molecule has 2 aromatic carbocycles. The van der Waals surface area contributed by atoms with Crippen LogP contribution in [-0.4, -0.2) is 35.3 Å². The molecule has 3 N–H and O–H groups in total. The number of Topliss-reactive ketones (excluding diaryl/α,β-unsaturated/α-hetero) is 1. The van der Waals surface area contributed by atoms with Crippen LogP contribution in [0.25, 0.3) is 10.9 Å². The van der Waals surface area contributed by atoms with Gasteiger partial charge in [0.05, 0.1) is 6.54 Å². The molecule has 134 valence electrons. The molecule has 0 radical (unpaired) electrons. The fraction of sp³-hybridized carbons (Fsp3) is 0.318. The number of likely N-dealkylation sites (tertiary alicyclic amines) is 1. The summed E-state index contributed by atoms with van der Waals surface area (Å²) in [7, 11) is 0. The van der Waals surface area contributed by atoms with Gasteiger partial charge < -0.3 is 10.7 Å². The number of carbonyl (C=O) groups excluding carboxylic acids is 1. The summed E-state index contributed by atoms with van der Waals surface area (Å²) in [6, 6.07) is 16.4. The van der Waals surface area contributed by atoms with Gasteiger partial charge in [-0.3, -0.25) is 9.69 Å². The van der Waals surface area contributed by atoms with Gasteiger partial charge in [0.1, 0.15) is 0 Å². The monoisotopic (exact) mass is 347 g/mol. The van der Waals surface area contributed by atoms with Gasteiger partial charge >= 0.3 is 0 Å². The Kier molecular flexibility index (Phi) is 4.76. The quantitative estimate of drug-likeness (QED) is 0.544. The Bertz CT molecular complexity index is 892. The number of hydrogen-bond acceptors (Lipinski definition) is 3. The van der Waals surface area contributed by atoms with Crippen molar-refractivity contribution >= 4 is 22.4 Å². The van der Waals surface area contributed by atoms with Gasteiger partial charge in [-0.05, 0) is 62.0 Å². The van der Waals surface area contributed by atoms with Crippen LogP contribution >= 0.6 is 0 Å². The third-order valence-electron chi connectivity index (χ3n) is 5.45. The first kappa shape index (κ1) is 16.9. The molecule has 0 atom stereocenters. The first-order valence-electron chi connectivity index (χ1n) is 9.35. The number of H-pyrrole nitrogens is 1. The minimum atomic E-state index is 0.170. The SMILES string of the molecule is Nc1ccc2[nH]cc(C(=O)CN3CCC(Cc4ccccc4)CC3)c2c1. The summed E-state index contributed by atoms with van der Waals surface area (Å²) in [6.45, 7) is 2.47. The Morgan fingerprint density at radius 3 is 2.65 bits per heavy atom. The molecule has 0 spiro atoms. The van der Waals surface area contributed by atoms with E-state index in [1.54, 1.807) is 0 Å². The molecule has 1 saturated heterocycles. The van der Waals surface area contributed by atoms with Crippen molar-refractivity contribution in [2.75, 3.05) is 25.4 Å². The number of nitrogens with two attached hydrogens (primary N) is 1. The second kappa shape index (κ2) is 7.34. The van der Waals surface area contributed by atoms with E-state index < -0.39 is 0 Å². The van der Waals surface area contributed by atoms with Crippen molar-refractivity contribution in [2.24, 2.45) is 5.92 Å². The van der Waals surface area contributed by atoms with Crippen LogP contribution in [-0.2, 0) is 6.42 Å². The molecule has 2 heterocycles. The number of carbonyl (C=O) groups is 1. The van der Waals surface area contributed by atoms with Crippen molar-refractivity contribution in [1.29, 1.82) is 0 Å². The largest absolute Gasteiger partial charge is 0.399 e. The fourth-order valence-electron chi connectivity index (χ4n) is 3.95. The number of benzene rings is 2. The Balaban J connectivity index is 1.35. The van der Waals surface area contributed by atoms with Crippen LogP contribution in [0.3, 0.4) is 0 Å². The summed E-state index contributed by atoms with van der Waals surface area (Å²) < 4.78 is 0. The van der Waals surface area contributed by atoms with Gasteiger partial charge in [0.25, 0.3) is 0 Å². The fourth-order valence-corrected chi connectivity index (χ4v) is 3.95. The van der Waals surface area contributed by atoms with Crippen LogP contribution in [0.4, 0.5) is 5.69 Å². The number of nitrogen functional groups attached to an aromatic ring is 1. The lowest BCUT2D eigenvalue weighted by atomic mass is 9.90. The van der Waals surface area contributed by atoms with Gasteiger partial charge in [0, 0.05) is 28.4 Å². The van der Waals surface area contributed by atoms with Gasteiger partial charge in [-0.15, -0.1) is 0 Å². The number of nitrogens with one attached hydrogen (secondary N) is 1. The summed E-state index contributed by atoms with van der Waals surface area (Å²) in [5.41, 5.74) is 9.69. The molecule has 4 rings (SSSR count). The number of piperidine rings is 1. The van der Waals surface area contributed by atoms with Crippen LogP contribution in [0.2, 0.25) is 0 Å². The van der Waals surface area contributed by atoms with Crippen LogP contribution < -0.4 is 5.73 Å². The van der Waals surface area contributed by atoms with Gasteiger partial charge in [0.2, 0.25) is 0 Å². The van der Waals surface area contributed by atoms with Crippen molar-refractivity contribution in [3.05, 3.63) is 65.9 Å². The van der Waals surface area contributed by atoms with Crippen LogP contribution in [0.15, 0.2) is 54.7 Å². The number of hydrogen-bond donors (Lipinski definition) is 2. The predicted molar refractivity (Wildman–Crippen MR) is 106 cm³/mol. The first-order valence-corrected chi connectivity index (χ1v) is 9.35. The Labute approximate surface area is 154 Å². The van der Waals surface area contributed by atoms with Crippen LogP contribution in [0, 0.1) is 5.92 Å². The van der Waals surface area contributed by atoms with Crippen LogP contribution in [0.5, 0.6) is 0 Å². The molecule has 0 bridgehead atoms. The smallest absolute Gasteiger partial charge is 0.178 e. The third-order valence-corrected chi connectivity index (χ3v) is 5.45. The van der Waals surface area contributed by atoms with Gasteiger partial charge in [-0.1, -0.05) is 30.3 Å². The minimum Gasteiger partial charge on any atom is -0.399 e. The maximum Gasteiger partial charge on any atom is 0.178 e. The zero-order valence-electron chi connectivity index (χ0n) is 14.9. The zero-order chi connectivity index (χ0) is 17.9. The van der Waals surface area contributed by atoms with Gasteiger partial charge in [-0.25, -0.2) is 0 Å². The van der Waals surface area contributed by atoms with E-state index in [1.807, 2.05) is 24.4 Å². The summed E-state index contributed by atoms with van der Waals surface area (Å²) in [5, 5.41) is 0.925. The van der Waals surface area contributed by atoms with E-state index in [-0.39, 0.29) is 5.78 Å². The zero-order valence-corrected chi connectivity index (χ0v) is 14.9. The van der Waals surface area contributed by atoms with Crippen molar-refractivity contribution in [2.45, 2.75) is 19.3 Å². The minimum absolute atomic E-state index is 0.170. The molecular weight excluding hydrogens is 322 g/mol. The molecule has 4 nitrogen and oxygen atoms in total. The molecule has 0 aliphatic carbocycles. The molecule has 0 unspecified atom stereocenters. The highest BCUT2D eigenvalue weighted by molar-refractivity contribution is 6.09. The van der Waals surface area contributed by atoms with Crippen molar-refractivity contribution in [3.8, 4) is 0 Å².